The number of hydrogen-bond donors (Lipinski definition) is 1. The van der Waals surface area contributed by atoms with Crippen LogP contribution < -0.4 is 0 Å². The highest BCUT2D eigenvalue weighted by molar-refractivity contribution is 7.89. The van der Waals surface area contributed by atoms with E-state index in [-0.39, 0.29) is 30.8 Å². The molecule has 0 amide bonds. The third-order valence-corrected chi connectivity index (χ3v) is 6.18. The van der Waals surface area contributed by atoms with Crippen LogP contribution in [0, 0.1) is 0 Å². The van der Waals surface area contributed by atoms with Gasteiger partial charge in [0, 0.05) is 25.5 Å². The van der Waals surface area contributed by atoms with E-state index in [4.69, 9.17) is 0 Å². The molecule has 1 fully saturated rings. The number of aliphatic carboxylic acids is 1. The SMILES string of the molecule is O=C(O)C1(n2cccn2)CCN(S(=O)(=O)c2ccccc2)CC1. The Labute approximate surface area is 134 Å². The molecule has 1 aromatic heterocycles. The van der Waals surface area contributed by atoms with Crippen molar-refractivity contribution >= 4 is 16.0 Å². The van der Waals surface area contributed by atoms with Crippen molar-refractivity contribution in [1.29, 1.82) is 0 Å². The number of sulfonamides is 1. The average Bonchev–Trinajstić information content (AvgIpc) is 3.10. The second-order valence-corrected chi connectivity index (χ2v) is 7.44. The third-order valence-electron chi connectivity index (χ3n) is 4.27. The van der Waals surface area contributed by atoms with E-state index in [1.165, 1.54) is 15.2 Å². The van der Waals surface area contributed by atoms with Crippen LogP contribution >= 0.6 is 0 Å². The molecule has 122 valence electrons. The van der Waals surface area contributed by atoms with Crippen molar-refractivity contribution in [3.63, 3.8) is 0 Å². The summed E-state index contributed by atoms with van der Waals surface area (Å²) in [6, 6.07) is 9.84. The number of benzene rings is 1. The lowest BCUT2D eigenvalue weighted by atomic mass is 9.88. The van der Waals surface area contributed by atoms with Gasteiger partial charge in [0.2, 0.25) is 10.0 Å². The number of carboxylic acids is 1. The van der Waals surface area contributed by atoms with E-state index in [9.17, 15) is 18.3 Å². The van der Waals surface area contributed by atoms with Gasteiger partial charge in [-0.3, -0.25) is 4.68 Å². The minimum Gasteiger partial charge on any atom is -0.479 e. The molecule has 0 unspecified atom stereocenters. The van der Waals surface area contributed by atoms with Gasteiger partial charge in [0.1, 0.15) is 0 Å². The molecule has 0 saturated carbocycles. The van der Waals surface area contributed by atoms with Gasteiger partial charge in [0.15, 0.2) is 5.54 Å². The van der Waals surface area contributed by atoms with Crippen LogP contribution in [0.4, 0.5) is 0 Å². The van der Waals surface area contributed by atoms with Crippen LogP contribution in [0.25, 0.3) is 0 Å². The smallest absolute Gasteiger partial charge is 0.331 e. The van der Waals surface area contributed by atoms with E-state index in [0.717, 1.165) is 0 Å². The maximum Gasteiger partial charge on any atom is 0.331 e. The topological polar surface area (TPSA) is 92.5 Å². The number of carboxylic acid groups (broad SMARTS) is 1. The van der Waals surface area contributed by atoms with Crippen molar-refractivity contribution in [2.75, 3.05) is 13.1 Å². The van der Waals surface area contributed by atoms with Gasteiger partial charge >= 0.3 is 5.97 Å². The molecule has 1 aliphatic rings. The molecular formula is C15H17N3O4S. The molecule has 0 radical (unpaired) electrons. The first-order valence-electron chi connectivity index (χ1n) is 7.25. The summed E-state index contributed by atoms with van der Waals surface area (Å²) in [5, 5.41) is 13.7. The van der Waals surface area contributed by atoms with E-state index in [2.05, 4.69) is 5.10 Å². The molecular weight excluding hydrogens is 318 g/mol. The molecule has 0 bridgehead atoms. The molecule has 1 aromatic carbocycles. The predicted octanol–water partition coefficient (Wildman–Crippen LogP) is 1.15. The molecule has 0 aliphatic carbocycles. The van der Waals surface area contributed by atoms with Crippen LogP contribution in [0.15, 0.2) is 53.7 Å². The lowest BCUT2D eigenvalue weighted by molar-refractivity contribution is -0.150. The molecule has 2 aromatic rings. The fourth-order valence-electron chi connectivity index (χ4n) is 2.90. The zero-order valence-corrected chi connectivity index (χ0v) is 13.2. The summed E-state index contributed by atoms with van der Waals surface area (Å²) < 4.78 is 28.0. The van der Waals surface area contributed by atoms with Gasteiger partial charge in [-0.1, -0.05) is 18.2 Å². The van der Waals surface area contributed by atoms with Gasteiger partial charge in [-0.2, -0.15) is 9.40 Å². The molecule has 0 atom stereocenters. The van der Waals surface area contributed by atoms with Crippen LogP contribution in [-0.4, -0.2) is 46.7 Å². The summed E-state index contributed by atoms with van der Waals surface area (Å²) >= 11 is 0. The fourth-order valence-corrected chi connectivity index (χ4v) is 4.36. The van der Waals surface area contributed by atoms with Gasteiger partial charge in [0.25, 0.3) is 0 Å². The van der Waals surface area contributed by atoms with Crippen LogP contribution in [0.3, 0.4) is 0 Å². The lowest BCUT2D eigenvalue weighted by Crippen LogP contribution is -2.52. The minimum atomic E-state index is -3.60. The molecule has 23 heavy (non-hydrogen) atoms. The predicted molar refractivity (Wildman–Crippen MR) is 82.3 cm³/mol. The quantitative estimate of drug-likeness (QED) is 0.905. The molecule has 1 aliphatic heterocycles. The molecule has 2 heterocycles. The number of piperidine rings is 1. The fraction of sp³-hybridized carbons (Fsp3) is 0.333. The number of aromatic nitrogens is 2. The highest BCUT2D eigenvalue weighted by Gasteiger charge is 2.46. The summed E-state index contributed by atoms with van der Waals surface area (Å²) in [5.41, 5.74) is -1.19. The van der Waals surface area contributed by atoms with Crippen molar-refractivity contribution in [3.8, 4) is 0 Å². The highest BCUT2D eigenvalue weighted by Crippen LogP contribution is 2.32. The molecule has 1 saturated heterocycles. The summed E-state index contributed by atoms with van der Waals surface area (Å²) in [5.74, 6) is -0.988. The number of rotatable bonds is 4. The standard InChI is InChI=1S/C15H17N3O4S/c19-14(20)15(18-10-4-9-16-18)7-11-17(12-8-15)23(21,22)13-5-2-1-3-6-13/h1-6,9-10H,7-8,11-12H2,(H,19,20). The Morgan fingerprint density at radius 3 is 2.30 bits per heavy atom. The Morgan fingerprint density at radius 2 is 1.78 bits per heavy atom. The number of carbonyl (C=O) groups is 1. The largest absolute Gasteiger partial charge is 0.479 e. The van der Waals surface area contributed by atoms with E-state index < -0.39 is 21.5 Å². The highest BCUT2D eigenvalue weighted by atomic mass is 32.2. The van der Waals surface area contributed by atoms with E-state index in [0.29, 0.717) is 0 Å². The first-order valence-corrected chi connectivity index (χ1v) is 8.69. The van der Waals surface area contributed by atoms with Gasteiger partial charge < -0.3 is 5.11 Å². The zero-order chi connectivity index (χ0) is 16.5. The second-order valence-electron chi connectivity index (χ2n) is 5.50. The van der Waals surface area contributed by atoms with Gasteiger partial charge in [-0.15, -0.1) is 0 Å². The summed E-state index contributed by atoms with van der Waals surface area (Å²) in [6.07, 6.45) is 3.49. The van der Waals surface area contributed by atoms with Crippen molar-refractivity contribution in [2.24, 2.45) is 0 Å². The van der Waals surface area contributed by atoms with Gasteiger partial charge in [0.05, 0.1) is 4.90 Å². The normalized spacial score (nSPS) is 18.6. The summed E-state index contributed by atoms with van der Waals surface area (Å²) in [7, 11) is -3.60. The monoisotopic (exact) mass is 335 g/mol. The molecule has 1 N–H and O–H groups in total. The minimum absolute atomic E-state index is 0.142. The van der Waals surface area contributed by atoms with E-state index >= 15 is 0 Å². The molecule has 0 spiro atoms. The Kier molecular flexibility index (Phi) is 3.95. The van der Waals surface area contributed by atoms with E-state index in [1.54, 1.807) is 42.6 Å². The number of nitrogens with zero attached hydrogens (tertiary/aromatic N) is 3. The molecule has 3 rings (SSSR count). The third kappa shape index (κ3) is 2.64. The lowest BCUT2D eigenvalue weighted by Gasteiger charge is -2.38. The molecule has 8 heteroatoms. The first kappa shape index (κ1) is 15.7. The van der Waals surface area contributed by atoms with E-state index in [1.807, 2.05) is 0 Å². The summed E-state index contributed by atoms with van der Waals surface area (Å²) in [6.45, 7) is 0.284. The van der Waals surface area contributed by atoms with Crippen molar-refractivity contribution in [2.45, 2.75) is 23.3 Å². The summed E-state index contributed by atoms with van der Waals surface area (Å²) in [4.78, 5) is 12.0. The first-order chi connectivity index (χ1) is 11.0. The number of hydrogen-bond acceptors (Lipinski definition) is 4. The average molecular weight is 335 g/mol. The van der Waals surface area contributed by atoms with Crippen LogP contribution in [0.2, 0.25) is 0 Å². The van der Waals surface area contributed by atoms with Crippen LogP contribution in [0.1, 0.15) is 12.8 Å². The second kappa shape index (κ2) is 5.78. The van der Waals surface area contributed by atoms with Gasteiger partial charge in [-0.25, -0.2) is 13.2 Å². The van der Waals surface area contributed by atoms with Crippen molar-refractivity contribution in [1.82, 2.24) is 14.1 Å². The van der Waals surface area contributed by atoms with Crippen molar-refractivity contribution in [3.05, 3.63) is 48.8 Å². The Morgan fingerprint density at radius 1 is 1.13 bits per heavy atom. The maximum atomic E-state index is 12.6. The van der Waals surface area contributed by atoms with Crippen LogP contribution in [0.5, 0.6) is 0 Å². The molecule has 7 nitrogen and oxygen atoms in total. The maximum absolute atomic E-state index is 12.6. The zero-order valence-electron chi connectivity index (χ0n) is 12.4. The van der Waals surface area contributed by atoms with Gasteiger partial charge in [-0.05, 0) is 31.0 Å². The van der Waals surface area contributed by atoms with Crippen molar-refractivity contribution < 1.29 is 18.3 Å². The Bertz CT molecular complexity index is 779. The Hall–Kier alpha value is -2.19. The Balaban J connectivity index is 1.84. The van der Waals surface area contributed by atoms with Crippen LogP contribution in [-0.2, 0) is 20.4 Å².